The van der Waals surface area contributed by atoms with Gasteiger partial charge in [0, 0.05) is 22.6 Å². The van der Waals surface area contributed by atoms with E-state index in [1.165, 1.54) is 0 Å². The Morgan fingerprint density at radius 3 is 1.33 bits per heavy atom. The average molecular weight is 513 g/mol. The zero-order valence-electron chi connectivity index (χ0n) is 18.1. The number of aliphatic imine (C=N–C) groups is 2. The zero-order valence-corrected chi connectivity index (χ0v) is 21.2. The Morgan fingerprint density at radius 1 is 0.636 bits per heavy atom. The summed E-state index contributed by atoms with van der Waals surface area (Å²) in [7, 11) is 9.78. The van der Waals surface area contributed by atoms with Gasteiger partial charge >= 0.3 is 35.6 Å². The van der Waals surface area contributed by atoms with Crippen molar-refractivity contribution in [2.45, 2.75) is 13.8 Å². The molecule has 0 aromatic heterocycles. The van der Waals surface area contributed by atoms with Gasteiger partial charge in [-0.15, -0.1) is 0 Å². The second-order valence-corrected chi connectivity index (χ2v) is 9.77. The zero-order chi connectivity index (χ0) is 23.8. The van der Waals surface area contributed by atoms with E-state index in [-0.39, 0.29) is 11.5 Å². The summed E-state index contributed by atoms with van der Waals surface area (Å²) < 4.78 is 0. The van der Waals surface area contributed by atoms with E-state index in [9.17, 15) is 10.2 Å². The normalized spacial score (nSPS) is 11.6. The van der Waals surface area contributed by atoms with E-state index >= 15 is 0 Å². The van der Waals surface area contributed by atoms with Crippen LogP contribution < -0.4 is 0 Å². The first-order valence-electron chi connectivity index (χ1n) is 10.1. The van der Waals surface area contributed by atoms with Crippen molar-refractivity contribution in [3.05, 3.63) is 96.1 Å². The number of fused-ring (bicyclic) bond motifs is 1. The summed E-state index contributed by atoms with van der Waals surface area (Å²) in [6, 6.07) is 26.3. The molecule has 0 bridgehead atoms. The second kappa shape index (κ2) is 12.0. The number of hydrogen-bond acceptors (Lipinski definition) is 4. The van der Waals surface area contributed by atoms with E-state index in [0.717, 1.165) is 10.8 Å². The van der Waals surface area contributed by atoms with Crippen LogP contribution in [0.1, 0.15) is 25.0 Å². The van der Waals surface area contributed by atoms with Gasteiger partial charge in [-0.2, -0.15) is 0 Å². The maximum absolute atomic E-state index is 10.2. The van der Waals surface area contributed by atoms with Crippen molar-refractivity contribution in [2.75, 3.05) is 0 Å². The Balaban J connectivity index is 0.000000968. The van der Waals surface area contributed by atoms with Gasteiger partial charge in [0.25, 0.3) is 0 Å². The van der Waals surface area contributed by atoms with Crippen LogP contribution in [0.4, 0.5) is 11.4 Å². The molecule has 0 spiro atoms. The number of benzene rings is 4. The van der Waals surface area contributed by atoms with Crippen LogP contribution in [0.5, 0.6) is 11.5 Å². The summed E-state index contributed by atoms with van der Waals surface area (Å²) >= 11 is -0.556. The fraction of sp³-hybridized carbons (Fsp3) is 0.0769. The summed E-state index contributed by atoms with van der Waals surface area (Å²) in [6.07, 6.45) is 0. The topological polar surface area (TPSA) is 65.2 Å². The molecule has 0 atom stereocenters. The van der Waals surface area contributed by atoms with E-state index in [1.807, 2.05) is 74.5 Å². The molecule has 166 valence electrons. The van der Waals surface area contributed by atoms with Crippen LogP contribution in [0.2, 0.25) is 0 Å². The Hall–Kier alpha value is -2.63. The molecule has 0 radical (unpaired) electrons. The van der Waals surface area contributed by atoms with Crippen molar-refractivity contribution in [1.29, 1.82) is 0 Å². The summed E-state index contributed by atoms with van der Waals surface area (Å²) in [5.74, 6) is 0.380. The first kappa shape index (κ1) is 25.0. The van der Waals surface area contributed by atoms with Crippen LogP contribution >= 0.6 is 18.6 Å². The number of rotatable bonds is 4. The molecule has 4 rings (SSSR count). The van der Waals surface area contributed by atoms with Crippen LogP contribution in [0.15, 0.2) is 94.9 Å². The van der Waals surface area contributed by atoms with Crippen LogP contribution in [0, 0.1) is 0 Å². The van der Waals surface area contributed by atoms with Gasteiger partial charge in [0.15, 0.2) is 0 Å². The van der Waals surface area contributed by atoms with Crippen molar-refractivity contribution in [3.63, 3.8) is 0 Å². The van der Waals surface area contributed by atoms with Crippen LogP contribution in [0.25, 0.3) is 10.8 Å². The molecule has 33 heavy (non-hydrogen) atoms. The van der Waals surface area contributed by atoms with Crippen LogP contribution in [0.3, 0.4) is 0 Å². The molecule has 0 aliphatic rings. The fourth-order valence-corrected chi connectivity index (χ4v) is 3.44. The molecule has 0 aliphatic carbocycles. The number of aromatic hydroxyl groups is 2. The molecule has 0 heterocycles. The Morgan fingerprint density at radius 2 is 0.970 bits per heavy atom. The molecule has 0 fully saturated rings. The average Bonchev–Trinajstić information content (AvgIpc) is 2.80. The molecule has 4 aromatic rings. The van der Waals surface area contributed by atoms with Crippen LogP contribution in [-0.2, 0) is 17.0 Å². The first-order chi connectivity index (χ1) is 15.9. The van der Waals surface area contributed by atoms with Gasteiger partial charge in [0.05, 0.1) is 11.4 Å². The monoisotopic (exact) mass is 512 g/mol. The van der Waals surface area contributed by atoms with Crippen molar-refractivity contribution in [2.24, 2.45) is 9.98 Å². The van der Waals surface area contributed by atoms with Crippen molar-refractivity contribution < 1.29 is 27.2 Å². The third-order valence-corrected chi connectivity index (χ3v) is 5.01. The third kappa shape index (κ3) is 6.46. The number of halogens is 2. The first-order valence-corrected chi connectivity index (χ1v) is 14.4. The summed E-state index contributed by atoms with van der Waals surface area (Å²) in [5, 5.41) is 22.5. The predicted molar refractivity (Wildman–Crippen MR) is 136 cm³/mol. The Bertz CT molecular complexity index is 1220. The Kier molecular flexibility index (Phi) is 9.10. The van der Waals surface area contributed by atoms with E-state index in [1.54, 1.807) is 24.3 Å². The molecule has 4 aromatic carbocycles. The molecule has 0 saturated carbocycles. The number of phenolic OH excluding ortho intramolecular Hbond substituents is 2. The quantitative estimate of drug-likeness (QED) is 0.215. The van der Waals surface area contributed by atoms with Crippen LogP contribution in [-0.4, -0.2) is 21.6 Å². The molecule has 7 heteroatoms. The molecule has 0 amide bonds. The standard InChI is InChI=1S/C26H22N2O2.2ClH.Ti/c1-17(21-11-5-7-13-25(21)29)27-23-15-19-9-3-4-10-20(19)16-24(23)28-18(2)22-12-6-8-14-26(22)30;;;/h3-16,29-30H,1-2H3;2*1H;/q;;;+2/p-2. The molecule has 0 aliphatic heterocycles. The van der Waals surface area contributed by atoms with Crippen molar-refractivity contribution in [1.82, 2.24) is 0 Å². The maximum atomic E-state index is 10.2. The minimum absolute atomic E-state index is 0.190. The fourth-order valence-electron chi connectivity index (χ4n) is 3.44. The van der Waals surface area contributed by atoms with Gasteiger partial charge in [0.2, 0.25) is 0 Å². The van der Waals surface area contributed by atoms with E-state index < -0.39 is 17.0 Å². The summed E-state index contributed by atoms with van der Waals surface area (Å²) in [6.45, 7) is 3.74. The SMILES string of the molecule is CC(=Nc1cc2ccccc2cc1N=C(C)c1ccccc1O)c1ccccc1O.[Cl][Ti][Cl]. The number of para-hydroxylation sites is 2. The van der Waals surface area contributed by atoms with E-state index in [0.29, 0.717) is 33.9 Å². The van der Waals surface area contributed by atoms with Gasteiger partial charge in [-0.05, 0) is 61.0 Å². The number of hydrogen-bond donors (Lipinski definition) is 2. The molecule has 0 unspecified atom stereocenters. The molecule has 4 nitrogen and oxygen atoms in total. The Labute approximate surface area is 209 Å². The molecule has 2 N–H and O–H groups in total. The van der Waals surface area contributed by atoms with Crippen molar-refractivity contribution in [3.8, 4) is 11.5 Å². The van der Waals surface area contributed by atoms with Gasteiger partial charge in [-0.25, -0.2) is 0 Å². The van der Waals surface area contributed by atoms with Gasteiger partial charge in [-0.3, -0.25) is 9.98 Å². The predicted octanol–water partition coefficient (Wildman–Crippen LogP) is 7.91. The third-order valence-electron chi connectivity index (χ3n) is 5.01. The van der Waals surface area contributed by atoms with Crippen molar-refractivity contribution >= 4 is 52.2 Å². The summed E-state index contributed by atoms with van der Waals surface area (Å²) in [4.78, 5) is 9.59. The second-order valence-electron chi connectivity index (χ2n) is 7.19. The molecular weight excluding hydrogens is 491 g/mol. The minimum atomic E-state index is -0.556. The van der Waals surface area contributed by atoms with E-state index in [4.69, 9.17) is 28.6 Å². The van der Waals surface area contributed by atoms with Gasteiger partial charge in [0.1, 0.15) is 11.5 Å². The number of nitrogens with zero attached hydrogens (tertiary/aromatic N) is 2. The van der Waals surface area contributed by atoms with E-state index in [2.05, 4.69) is 0 Å². The molecule has 0 saturated heterocycles. The van der Waals surface area contributed by atoms with Gasteiger partial charge in [-0.1, -0.05) is 48.5 Å². The number of phenols is 2. The molecular formula is C26H22Cl2N2O2Ti. The summed E-state index contributed by atoms with van der Waals surface area (Å²) in [5.41, 5.74) is 4.14. The van der Waals surface area contributed by atoms with Gasteiger partial charge < -0.3 is 10.2 Å².